The van der Waals surface area contributed by atoms with E-state index in [0.29, 0.717) is 50.9 Å². The van der Waals surface area contributed by atoms with Crippen molar-refractivity contribution in [1.29, 1.82) is 0 Å². The van der Waals surface area contributed by atoms with E-state index < -0.39 is 208 Å². The molecule has 0 spiro atoms. The predicted molar refractivity (Wildman–Crippen MR) is 327 cm³/mol. The molecule has 24 nitrogen and oxygen atoms in total. The van der Waals surface area contributed by atoms with Crippen molar-refractivity contribution in [2.24, 2.45) is 17.3 Å². The lowest BCUT2D eigenvalue weighted by Crippen LogP contribution is -2.62. The zero-order valence-electron chi connectivity index (χ0n) is 59.6. The summed E-state index contributed by atoms with van der Waals surface area (Å²) in [5.74, 6) is -49.2. The van der Waals surface area contributed by atoms with Crippen LogP contribution >= 0.6 is 0 Å². The number of carbonyl (C=O) groups excluding carboxylic acids is 7. The van der Waals surface area contributed by atoms with Gasteiger partial charge in [0.2, 0.25) is 23.1 Å². The lowest BCUT2D eigenvalue weighted by molar-refractivity contribution is -0.386. The highest BCUT2D eigenvalue weighted by Crippen LogP contribution is 2.63. The largest absolute Gasteiger partial charge is 0.460 e. The van der Waals surface area contributed by atoms with Crippen molar-refractivity contribution in [1.82, 2.24) is 0 Å². The van der Waals surface area contributed by atoms with E-state index in [2.05, 4.69) is 66.1 Å². The summed E-state index contributed by atoms with van der Waals surface area (Å²) in [6.07, 6.45) is 3.73. The smallest absolute Gasteiger partial charge is 0.376 e. The van der Waals surface area contributed by atoms with Crippen LogP contribution < -0.4 is 0 Å². The molecule has 9 fully saturated rings. The van der Waals surface area contributed by atoms with Crippen LogP contribution in [-0.4, -0.2) is 229 Å². The lowest BCUT2D eigenvalue weighted by atomic mass is 9.48. The molecule has 0 radical (unpaired) electrons. The van der Waals surface area contributed by atoms with Gasteiger partial charge in [-0.1, -0.05) is 32.9 Å². The molecular weight excluding hydrogens is 1480 g/mol. The molecule has 4 saturated carbocycles. The molecule has 2 atom stereocenters. The molecule has 5 heterocycles. The van der Waals surface area contributed by atoms with Crippen LogP contribution in [0, 0.1) is 17.3 Å². The second-order valence-electron chi connectivity index (χ2n) is 27.6. The normalized spacial score (nSPS) is 27.5. The van der Waals surface area contributed by atoms with Crippen molar-refractivity contribution in [3.8, 4) is 0 Å². The standard InChI is InChI=1S/C22H28F4O6.C13H16F4O6.C12H14F6O4.C10H14F2O4.C9H14O4/c1-13(2)16(27)32-20-7-14-4-15(8-20)6-19(5-14,9-20)17(28)29-10-18(3)30-11-21(23,24)22(25,26)12-31-18;1-8(2)10(19)20-4-9(18)21-5-11(3)22-6-12(14,15)13(16,17)7-23-11;1-7(2)8(19)20-4-9(3)21-5-10(13,14)12(17,18)11(15,16)6-22-9;1-7(2)8(13)14-4-9(3)15-5-10(11,12)6-16-9;1-7(2)8(10)11-6-9(3)12-4-5-13-9/h14-15H,1,4-12H2,2-3H3;1,4-7H2,2-3H3;1,4-6H2,2-3H3;1,4-6H2,2-3H3;1,4-6H2,2-3H3. The SMILES string of the molecule is C=C(C)C(=O)OC12CC3CC(C1)CC(C(=O)OCC1(C)OCC(F)(F)C(F)(F)CO1)(C3)C2.C=C(C)C(=O)OCC(=O)OCC1(C)OCC(F)(F)C(F)(F)CO1.C=C(C)C(=O)OCC1(C)OCC(F)(F)C(F)(F)C(F)(F)CO1.C=C(C)C(=O)OCC1(C)OCC(F)(F)CO1.C=C(C)C(=O)OCC1(C)OCCO1. The maximum absolute atomic E-state index is 13.6. The van der Waals surface area contributed by atoms with Crippen LogP contribution in [0.1, 0.15) is 108 Å². The third-order valence-electron chi connectivity index (χ3n) is 16.6. The topological polar surface area (TPSA) is 276 Å². The highest BCUT2D eigenvalue weighted by Gasteiger charge is 2.73. The maximum Gasteiger partial charge on any atom is 0.376 e. The van der Waals surface area contributed by atoms with E-state index in [1.807, 2.05) is 0 Å². The molecule has 40 heteroatoms. The van der Waals surface area contributed by atoms with Crippen LogP contribution in [0.15, 0.2) is 60.8 Å². The van der Waals surface area contributed by atoms with Crippen molar-refractivity contribution in [2.45, 2.75) is 190 Å². The van der Waals surface area contributed by atoms with E-state index in [4.69, 9.17) is 47.4 Å². The first-order chi connectivity index (χ1) is 48.1. The second-order valence-corrected chi connectivity index (χ2v) is 27.6. The fourth-order valence-corrected chi connectivity index (χ4v) is 10.7. The van der Waals surface area contributed by atoms with Gasteiger partial charge in [0.15, 0.2) is 12.4 Å². The highest BCUT2D eigenvalue weighted by molar-refractivity contribution is 5.89. The van der Waals surface area contributed by atoms with Crippen LogP contribution in [0.25, 0.3) is 0 Å². The summed E-state index contributed by atoms with van der Waals surface area (Å²) in [4.78, 5) is 81.1. The Morgan fingerprint density at radius 2 is 0.623 bits per heavy atom. The molecule has 4 bridgehead atoms. The van der Waals surface area contributed by atoms with Gasteiger partial charge in [-0.2, -0.15) is 61.5 Å². The van der Waals surface area contributed by atoms with Gasteiger partial charge in [-0.05, 0) is 113 Å². The van der Waals surface area contributed by atoms with Crippen molar-refractivity contribution >= 4 is 41.8 Å². The van der Waals surface area contributed by atoms with Crippen molar-refractivity contribution < 1.29 is 184 Å². The van der Waals surface area contributed by atoms with E-state index in [0.717, 1.165) is 20.3 Å². The minimum atomic E-state index is -5.64. The Labute approximate surface area is 598 Å². The van der Waals surface area contributed by atoms with Crippen LogP contribution in [0.2, 0.25) is 0 Å². The fraction of sp³-hybridized carbons (Fsp3) is 0.742. The summed E-state index contributed by atoms with van der Waals surface area (Å²) in [5.41, 5.74) is -0.745. The van der Waals surface area contributed by atoms with Gasteiger partial charge in [-0.25, -0.2) is 37.5 Å². The maximum atomic E-state index is 13.6. The third kappa shape index (κ3) is 25.0. The molecule has 606 valence electrons. The van der Waals surface area contributed by atoms with Gasteiger partial charge in [-0.15, -0.1) is 0 Å². The summed E-state index contributed by atoms with van der Waals surface area (Å²) in [6, 6.07) is 0. The van der Waals surface area contributed by atoms with Gasteiger partial charge in [0.05, 0.1) is 18.6 Å². The van der Waals surface area contributed by atoms with Crippen molar-refractivity contribution in [3.63, 3.8) is 0 Å². The van der Waals surface area contributed by atoms with Crippen LogP contribution in [-0.2, 0) is 114 Å². The second kappa shape index (κ2) is 34.6. The molecule has 5 saturated heterocycles. The van der Waals surface area contributed by atoms with E-state index >= 15 is 0 Å². The Morgan fingerprint density at radius 1 is 0.349 bits per heavy atom. The Morgan fingerprint density at radius 3 is 0.943 bits per heavy atom. The number of halogens is 16. The number of alkyl halides is 16. The number of ether oxygens (including phenoxy) is 17. The number of hydrogen-bond donors (Lipinski definition) is 0. The lowest BCUT2D eigenvalue weighted by Gasteiger charge is -2.59. The van der Waals surface area contributed by atoms with E-state index in [9.17, 15) is 104 Å². The van der Waals surface area contributed by atoms with Crippen LogP contribution in [0.4, 0.5) is 70.2 Å². The van der Waals surface area contributed by atoms with Crippen molar-refractivity contribution in [3.05, 3.63) is 60.8 Å². The summed E-state index contributed by atoms with van der Waals surface area (Å²) >= 11 is 0. The molecular formula is C66H86F16O24. The van der Waals surface area contributed by atoms with E-state index in [1.54, 1.807) is 20.8 Å². The highest BCUT2D eigenvalue weighted by atomic mass is 19.4. The molecule has 5 aliphatic heterocycles. The first-order valence-corrected chi connectivity index (χ1v) is 32.0. The van der Waals surface area contributed by atoms with Gasteiger partial charge in [0, 0.05) is 34.3 Å². The summed E-state index contributed by atoms with van der Waals surface area (Å²) in [7, 11) is 0. The Hall–Kier alpha value is -6.53. The molecule has 9 aliphatic rings. The number of hydrogen-bond acceptors (Lipinski definition) is 24. The average Bonchev–Trinajstić information content (AvgIpc) is 1.43. The molecule has 0 N–H and O–H groups in total. The number of esters is 7. The van der Waals surface area contributed by atoms with E-state index in [-0.39, 0.29) is 47.3 Å². The number of carbonyl (C=O) groups is 7. The predicted octanol–water partition coefficient (Wildman–Crippen LogP) is 10.9. The monoisotopic (exact) mass is 1570 g/mol. The molecule has 0 aromatic carbocycles. The molecule has 9 rings (SSSR count). The molecule has 4 aliphatic carbocycles. The zero-order chi connectivity index (χ0) is 81.2. The third-order valence-corrected chi connectivity index (χ3v) is 16.6. The molecule has 106 heavy (non-hydrogen) atoms. The number of rotatable bonds is 19. The fourth-order valence-electron chi connectivity index (χ4n) is 10.7. The van der Waals surface area contributed by atoms with Gasteiger partial charge >= 0.3 is 83.2 Å². The molecule has 2 unspecified atom stereocenters. The van der Waals surface area contributed by atoms with Gasteiger partial charge in [0.1, 0.15) is 91.5 Å². The Balaban J connectivity index is 0.000000290. The summed E-state index contributed by atoms with van der Waals surface area (Å²) in [5, 5.41) is 0. The quantitative estimate of drug-likeness (QED) is 0.0503. The minimum absolute atomic E-state index is 0.0448. The van der Waals surface area contributed by atoms with Crippen LogP contribution in [0.5, 0.6) is 0 Å². The van der Waals surface area contributed by atoms with Gasteiger partial charge in [-0.3, -0.25) is 4.79 Å². The average molecular weight is 1570 g/mol. The summed E-state index contributed by atoms with van der Waals surface area (Å²) in [6.45, 7) is 16.8. The van der Waals surface area contributed by atoms with Gasteiger partial charge in [0.25, 0.3) is 5.92 Å². The van der Waals surface area contributed by atoms with E-state index in [1.165, 1.54) is 34.6 Å². The summed E-state index contributed by atoms with van der Waals surface area (Å²) < 4.78 is 294. The molecule has 0 aromatic rings. The Kier molecular flexibility index (Phi) is 30.0. The first kappa shape index (κ1) is 91.9. The Bertz CT molecular complexity index is 3140. The molecule has 0 aromatic heterocycles. The van der Waals surface area contributed by atoms with Crippen molar-refractivity contribution in [2.75, 3.05) is 106 Å². The zero-order valence-corrected chi connectivity index (χ0v) is 59.6. The molecule has 0 amide bonds. The van der Waals surface area contributed by atoms with Crippen LogP contribution in [0.3, 0.4) is 0 Å². The first-order valence-electron chi connectivity index (χ1n) is 32.0. The van der Waals surface area contributed by atoms with Gasteiger partial charge < -0.3 is 80.5 Å². The minimum Gasteiger partial charge on any atom is -0.460 e.